The van der Waals surface area contributed by atoms with Crippen molar-refractivity contribution in [2.45, 2.75) is 39.9 Å². The van der Waals surface area contributed by atoms with Crippen LogP contribution in [0.2, 0.25) is 0 Å². The largest absolute Gasteiger partial charge is 0.467 e. The third kappa shape index (κ3) is 2.58. The summed E-state index contributed by atoms with van der Waals surface area (Å²) in [5.74, 6) is 1.92. The number of hydrogen-bond acceptors (Lipinski definition) is 3. The molecule has 0 aromatic carbocycles. The number of furan rings is 1. The van der Waals surface area contributed by atoms with Crippen LogP contribution in [0, 0.1) is 0 Å². The van der Waals surface area contributed by atoms with Crippen LogP contribution in [0.25, 0.3) is 11.4 Å². The Morgan fingerprint density at radius 3 is 3.00 bits per heavy atom. The van der Waals surface area contributed by atoms with Crippen LogP contribution in [0.1, 0.15) is 26.5 Å². The summed E-state index contributed by atoms with van der Waals surface area (Å²) in [5, 5.41) is 3.36. The summed E-state index contributed by atoms with van der Waals surface area (Å²) in [6.45, 7) is 8.00. The van der Waals surface area contributed by atoms with Crippen molar-refractivity contribution in [2.24, 2.45) is 0 Å². The number of aromatic nitrogens is 2. The van der Waals surface area contributed by atoms with Crippen molar-refractivity contribution >= 4 is 0 Å². The molecule has 4 heteroatoms. The third-order valence-corrected chi connectivity index (χ3v) is 2.71. The third-order valence-electron chi connectivity index (χ3n) is 2.71. The van der Waals surface area contributed by atoms with Gasteiger partial charge in [-0.05, 0) is 13.0 Å². The molecule has 0 unspecified atom stereocenters. The number of nitrogens with zero attached hydrogens (tertiary/aromatic N) is 2. The molecule has 1 N–H and O–H groups in total. The molecule has 17 heavy (non-hydrogen) atoms. The van der Waals surface area contributed by atoms with Gasteiger partial charge in [0.05, 0.1) is 18.4 Å². The van der Waals surface area contributed by atoms with E-state index in [1.807, 2.05) is 18.5 Å². The smallest absolute Gasteiger partial charge is 0.143 e. The topological polar surface area (TPSA) is 43.0 Å². The van der Waals surface area contributed by atoms with Gasteiger partial charge < -0.3 is 14.3 Å². The first-order chi connectivity index (χ1) is 8.22. The van der Waals surface area contributed by atoms with Crippen molar-refractivity contribution in [1.82, 2.24) is 14.9 Å². The molecule has 4 nitrogen and oxygen atoms in total. The fourth-order valence-electron chi connectivity index (χ4n) is 1.78. The number of rotatable bonds is 5. The van der Waals surface area contributed by atoms with E-state index >= 15 is 0 Å². The molecule has 2 heterocycles. The minimum atomic E-state index is 0.443. The molecule has 0 saturated heterocycles. The zero-order valence-electron chi connectivity index (χ0n) is 10.6. The van der Waals surface area contributed by atoms with Crippen molar-refractivity contribution in [3.8, 4) is 11.4 Å². The van der Waals surface area contributed by atoms with Crippen molar-refractivity contribution in [3.63, 3.8) is 0 Å². The first kappa shape index (κ1) is 11.9. The fourth-order valence-corrected chi connectivity index (χ4v) is 1.78. The maximum atomic E-state index is 5.52. The van der Waals surface area contributed by atoms with Gasteiger partial charge in [-0.3, -0.25) is 0 Å². The Morgan fingerprint density at radius 1 is 1.47 bits per heavy atom. The molecule has 2 aromatic heterocycles. The van der Waals surface area contributed by atoms with Crippen molar-refractivity contribution in [1.29, 1.82) is 0 Å². The molecule has 92 valence electrons. The zero-order chi connectivity index (χ0) is 12.3. The van der Waals surface area contributed by atoms with Crippen LogP contribution in [-0.4, -0.2) is 15.6 Å². The lowest BCUT2D eigenvalue weighted by molar-refractivity contribution is 0.465. The van der Waals surface area contributed by atoms with Gasteiger partial charge in [0.15, 0.2) is 0 Å². The predicted molar refractivity (Wildman–Crippen MR) is 67.6 cm³/mol. The Morgan fingerprint density at radius 2 is 2.29 bits per heavy atom. The molecule has 0 amide bonds. The minimum absolute atomic E-state index is 0.443. The summed E-state index contributed by atoms with van der Waals surface area (Å²) in [4.78, 5) is 4.39. The Balaban J connectivity index is 2.24. The Bertz CT molecular complexity index is 470. The molecule has 0 bridgehead atoms. The molecular weight excluding hydrogens is 214 g/mol. The zero-order valence-corrected chi connectivity index (χ0v) is 10.6. The van der Waals surface area contributed by atoms with Gasteiger partial charge in [0.2, 0.25) is 0 Å². The highest BCUT2D eigenvalue weighted by atomic mass is 16.3. The van der Waals surface area contributed by atoms with Crippen LogP contribution in [-0.2, 0) is 13.1 Å². The summed E-state index contributed by atoms with van der Waals surface area (Å²) in [7, 11) is 0. The van der Waals surface area contributed by atoms with Crippen molar-refractivity contribution in [3.05, 3.63) is 30.5 Å². The van der Waals surface area contributed by atoms with E-state index in [4.69, 9.17) is 4.42 Å². The minimum Gasteiger partial charge on any atom is -0.467 e. The molecule has 0 aliphatic heterocycles. The summed E-state index contributed by atoms with van der Waals surface area (Å²) >= 11 is 0. The molecule has 0 saturated carbocycles. The van der Waals surface area contributed by atoms with Crippen LogP contribution in [0.3, 0.4) is 0 Å². The van der Waals surface area contributed by atoms with E-state index in [9.17, 15) is 0 Å². The van der Waals surface area contributed by atoms with E-state index < -0.39 is 0 Å². The highest BCUT2D eigenvalue weighted by molar-refractivity contribution is 5.57. The molecule has 0 spiro atoms. The summed E-state index contributed by atoms with van der Waals surface area (Å²) in [6, 6.07) is 2.42. The van der Waals surface area contributed by atoms with Gasteiger partial charge in [0.1, 0.15) is 11.6 Å². The SMILES string of the molecule is CCn1ccnc1-c1ccoc1CNC(C)C. The van der Waals surface area contributed by atoms with Gasteiger partial charge in [0.25, 0.3) is 0 Å². The van der Waals surface area contributed by atoms with Crippen LogP contribution in [0.4, 0.5) is 0 Å². The van der Waals surface area contributed by atoms with E-state index in [2.05, 4.69) is 35.6 Å². The molecule has 0 aliphatic rings. The Labute approximate surface area is 102 Å². The van der Waals surface area contributed by atoms with Crippen LogP contribution >= 0.6 is 0 Å². The van der Waals surface area contributed by atoms with Gasteiger partial charge in [-0.15, -0.1) is 0 Å². The molecule has 0 radical (unpaired) electrons. The monoisotopic (exact) mass is 233 g/mol. The van der Waals surface area contributed by atoms with Gasteiger partial charge in [-0.25, -0.2) is 4.98 Å². The second kappa shape index (κ2) is 5.19. The number of hydrogen-bond donors (Lipinski definition) is 1. The molecular formula is C13H19N3O. The molecule has 0 aliphatic carbocycles. The first-order valence-electron chi connectivity index (χ1n) is 6.03. The predicted octanol–water partition coefficient (Wildman–Crippen LogP) is 2.66. The maximum absolute atomic E-state index is 5.52. The summed E-state index contributed by atoms with van der Waals surface area (Å²) in [6.07, 6.45) is 5.54. The standard InChI is InChI=1S/C13H19N3O/c1-4-16-7-6-14-13(16)11-5-8-17-12(11)9-15-10(2)3/h5-8,10,15H,4,9H2,1-3H3. The lowest BCUT2D eigenvalue weighted by atomic mass is 10.2. The van der Waals surface area contributed by atoms with Crippen molar-refractivity contribution < 1.29 is 4.42 Å². The average Bonchev–Trinajstić information content (AvgIpc) is 2.93. The molecule has 2 rings (SSSR count). The molecule has 0 fully saturated rings. The quantitative estimate of drug-likeness (QED) is 0.863. The average molecular weight is 233 g/mol. The van der Waals surface area contributed by atoms with Gasteiger partial charge in [-0.1, -0.05) is 13.8 Å². The number of nitrogens with one attached hydrogen (secondary N) is 1. The van der Waals surface area contributed by atoms with Gasteiger partial charge in [-0.2, -0.15) is 0 Å². The summed E-state index contributed by atoms with van der Waals surface area (Å²) < 4.78 is 7.64. The summed E-state index contributed by atoms with van der Waals surface area (Å²) in [5.41, 5.74) is 1.07. The first-order valence-corrected chi connectivity index (χ1v) is 6.03. The Kier molecular flexibility index (Phi) is 3.64. The van der Waals surface area contributed by atoms with Crippen LogP contribution < -0.4 is 5.32 Å². The van der Waals surface area contributed by atoms with Gasteiger partial charge in [0, 0.05) is 25.0 Å². The van der Waals surface area contributed by atoms with Crippen molar-refractivity contribution in [2.75, 3.05) is 0 Å². The van der Waals surface area contributed by atoms with E-state index in [0.717, 1.165) is 30.2 Å². The molecule has 2 aromatic rings. The number of aryl methyl sites for hydroxylation is 1. The van der Waals surface area contributed by atoms with E-state index in [1.165, 1.54) is 0 Å². The highest BCUT2D eigenvalue weighted by Crippen LogP contribution is 2.23. The lowest BCUT2D eigenvalue weighted by Crippen LogP contribution is -2.21. The lowest BCUT2D eigenvalue weighted by Gasteiger charge is -2.08. The Hall–Kier alpha value is -1.55. The van der Waals surface area contributed by atoms with E-state index in [1.54, 1.807) is 6.26 Å². The normalized spacial score (nSPS) is 11.3. The number of imidazole rings is 1. The second-order valence-corrected chi connectivity index (χ2v) is 4.33. The van der Waals surface area contributed by atoms with Crippen LogP contribution in [0.15, 0.2) is 29.1 Å². The fraction of sp³-hybridized carbons (Fsp3) is 0.462. The second-order valence-electron chi connectivity index (χ2n) is 4.33. The van der Waals surface area contributed by atoms with Gasteiger partial charge >= 0.3 is 0 Å². The molecule has 0 atom stereocenters. The van der Waals surface area contributed by atoms with E-state index in [-0.39, 0.29) is 0 Å². The highest BCUT2D eigenvalue weighted by Gasteiger charge is 2.13. The maximum Gasteiger partial charge on any atom is 0.143 e. The van der Waals surface area contributed by atoms with Crippen LogP contribution in [0.5, 0.6) is 0 Å². The van der Waals surface area contributed by atoms with E-state index in [0.29, 0.717) is 6.04 Å².